The summed E-state index contributed by atoms with van der Waals surface area (Å²) in [5.41, 5.74) is 0.371. The first-order valence-corrected chi connectivity index (χ1v) is 8.18. The van der Waals surface area contributed by atoms with Crippen LogP contribution >= 0.6 is 0 Å². The van der Waals surface area contributed by atoms with E-state index >= 15 is 0 Å². The van der Waals surface area contributed by atoms with Crippen LogP contribution in [-0.2, 0) is 0 Å². The summed E-state index contributed by atoms with van der Waals surface area (Å²) in [6, 6.07) is 12.2. The predicted octanol–water partition coefficient (Wildman–Crippen LogP) is 4.02. The second-order valence-corrected chi connectivity index (χ2v) is 5.99. The van der Waals surface area contributed by atoms with Crippen LogP contribution in [0.25, 0.3) is 0 Å². The van der Waals surface area contributed by atoms with Crippen LogP contribution in [0, 0.1) is 0 Å². The SMILES string of the molecule is CC(C)Oc1ccc(C(=O)Nc2ccccc2C(=O)NCC(F)(F)F)cc1. The Bertz CT molecular complexity index is 803. The third-order valence-electron chi connectivity index (χ3n) is 3.36. The molecule has 2 aromatic rings. The van der Waals surface area contributed by atoms with Crippen molar-refractivity contribution in [1.29, 1.82) is 0 Å². The minimum atomic E-state index is -4.52. The van der Waals surface area contributed by atoms with Crippen LogP contribution in [0.3, 0.4) is 0 Å². The Balaban J connectivity index is 2.10. The number of nitrogens with one attached hydrogen (secondary N) is 2. The van der Waals surface area contributed by atoms with Gasteiger partial charge in [0.1, 0.15) is 12.3 Å². The number of anilines is 1. The first kappa shape index (κ1) is 20.3. The fourth-order valence-electron chi connectivity index (χ4n) is 2.22. The largest absolute Gasteiger partial charge is 0.491 e. The normalized spacial score (nSPS) is 11.2. The third kappa shape index (κ3) is 6.32. The maximum atomic E-state index is 12.4. The molecule has 2 rings (SSSR count). The maximum Gasteiger partial charge on any atom is 0.405 e. The van der Waals surface area contributed by atoms with Crippen LogP contribution in [0.2, 0.25) is 0 Å². The van der Waals surface area contributed by atoms with E-state index in [4.69, 9.17) is 4.74 Å². The van der Waals surface area contributed by atoms with E-state index in [1.807, 2.05) is 13.8 Å². The summed E-state index contributed by atoms with van der Waals surface area (Å²) in [7, 11) is 0. The molecule has 0 aliphatic rings. The summed E-state index contributed by atoms with van der Waals surface area (Å²) in [4.78, 5) is 24.4. The van der Waals surface area contributed by atoms with E-state index in [0.717, 1.165) is 0 Å². The molecule has 0 aliphatic carbocycles. The van der Waals surface area contributed by atoms with Gasteiger partial charge in [-0.1, -0.05) is 12.1 Å². The monoisotopic (exact) mass is 380 g/mol. The van der Waals surface area contributed by atoms with Gasteiger partial charge in [-0.15, -0.1) is 0 Å². The summed E-state index contributed by atoms with van der Waals surface area (Å²) in [6.45, 7) is 2.30. The molecule has 0 bridgehead atoms. The lowest BCUT2D eigenvalue weighted by Crippen LogP contribution is -2.34. The lowest BCUT2D eigenvalue weighted by molar-refractivity contribution is -0.123. The summed E-state index contributed by atoms with van der Waals surface area (Å²) in [5.74, 6) is -0.820. The van der Waals surface area contributed by atoms with E-state index in [1.165, 1.54) is 18.2 Å². The van der Waals surface area contributed by atoms with Gasteiger partial charge in [-0.2, -0.15) is 13.2 Å². The van der Waals surface area contributed by atoms with Gasteiger partial charge in [0.05, 0.1) is 17.4 Å². The van der Waals surface area contributed by atoms with Crippen LogP contribution in [-0.4, -0.2) is 30.6 Å². The minimum Gasteiger partial charge on any atom is -0.491 e. The van der Waals surface area contributed by atoms with Crippen LogP contribution in [0.4, 0.5) is 18.9 Å². The molecule has 144 valence electrons. The van der Waals surface area contributed by atoms with Crippen molar-refractivity contribution in [3.8, 4) is 5.75 Å². The van der Waals surface area contributed by atoms with Crippen LogP contribution in [0.1, 0.15) is 34.6 Å². The molecule has 0 radical (unpaired) electrons. The molecule has 27 heavy (non-hydrogen) atoms. The lowest BCUT2D eigenvalue weighted by atomic mass is 10.1. The summed E-state index contributed by atoms with van der Waals surface area (Å²) >= 11 is 0. The number of para-hydroxylation sites is 1. The second-order valence-electron chi connectivity index (χ2n) is 5.99. The smallest absolute Gasteiger partial charge is 0.405 e. The Morgan fingerprint density at radius 2 is 1.63 bits per heavy atom. The number of hydrogen-bond acceptors (Lipinski definition) is 3. The van der Waals surface area contributed by atoms with Crippen molar-refractivity contribution >= 4 is 17.5 Å². The van der Waals surface area contributed by atoms with Crippen molar-refractivity contribution in [1.82, 2.24) is 5.32 Å². The zero-order valence-electron chi connectivity index (χ0n) is 14.8. The Kier molecular flexibility index (Phi) is 6.44. The van der Waals surface area contributed by atoms with Crippen molar-refractivity contribution in [3.63, 3.8) is 0 Å². The van der Waals surface area contributed by atoms with Crippen molar-refractivity contribution in [2.45, 2.75) is 26.1 Å². The van der Waals surface area contributed by atoms with Gasteiger partial charge in [0.25, 0.3) is 11.8 Å². The van der Waals surface area contributed by atoms with E-state index in [1.54, 1.807) is 35.6 Å². The first-order chi connectivity index (χ1) is 12.7. The second kappa shape index (κ2) is 8.57. The number of rotatable bonds is 6. The topological polar surface area (TPSA) is 67.4 Å². The molecule has 0 saturated heterocycles. The van der Waals surface area contributed by atoms with E-state index in [9.17, 15) is 22.8 Å². The van der Waals surface area contributed by atoms with Crippen molar-refractivity contribution in [2.75, 3.05) is 11.9 Å². The molecule has 0 unspecified atom stereocenters. The minimum absolute atomic E-state index is 0.00763. The molecule has 0 saturated carbocycles. The molecule has 0 aromatic heterocycles. The molecule has 5 nitrogen and oxygen atoms in total. The first-order valence-electron chi connectivity index (χ1n) is 8.18. The number of alkyl halides is 3. The maximum absolute atomic E-state index is 12.4. The zero-order chi connectivity index (χ0) is 20.0. The number of ether oxygens (including phenoxy) is 1. The molecule has 2 N–H and O–H groups in total. The quantitative estimate of drug-likeness (QED) is 0.796. The number of carbonyl (C=O) groups excluding carboxylic acids is 2. The molecule has 0 spiro atoms. The van der Waals surface area contributed by atoms with Crippen LogP contribution in [0.15, 0.2) is 48.5 Å². The highest BCUT2D eigenvalue weighted by Gasteiger charge is 2.28. The highest BCUT2D eigenvalue weighted by Crippen LogP contribution is 2.19. The van der Waals surface area contributed by atoms with E-state index in [2.05, 4.69) is 5.32 Å². The van der Waals surface area contributed by atoms with Gasteiger partial charge in [0, 0.05) is 5.56 Å². The van der Waals surface area contributed by atoms with Crippen LogP contribution < -0.4 is 15.4 Å². The Hall–Kier alpha value is -3.03. The number of benzene rings is 2. The standard InChI is InChI=1S/C19H19F3N2O3/c1-12(2)27-14-9-7-13(8-10-14)17(25)24-16-6-4-3-5-15(16)18(26)23-11-19(20,21)22/h3-10,12H,11H2,1-2H3,(H,23,26)(H,24,25). The van der Waals surface area contributed by atoms with Gasteiger partial charge in [0.2, 0.25) is 0 Å². The molecule has 0 aliphatic heterocycles. The van der Waals surface area contributed by atoms with Gasteiger partial charge >= 0.3 is 6.18 Å². The van der Waals surface area contributed by atoms with Crippen LogP contribution in [0.5, 0.6) is 5.75 Å². The molecule has 2 amide bonds. The molecule has 8 heteroatoms. The zero-order valence-corrected chi connectivity index (χ0v) is 14.8. The van der Waals surface area contributed by atoms with Crippen molar-refractivity contribution in [3.05, 3.63) is 59.7 Å². The molecule has 0 heterocycles. The highest BCUT2D eigenvalue weighted by molar-refractivity contribution is 6.09. The predicted molar refractivity (Wildman–Crippen MR) is 95.0 cm³/mol. The molecular weight excluding hydrogens is 361 g/mol. The van der Waals surface area contributed by atoms with Gasteiger partial charge in [-0.05, 0) is 50.2 Å². The fraction of sp³-hybridized carbons (Fsp3) is 0.263. The molecule has 0 fully saturated rings. The average molecular weight is 380 g/mol. The summed E-state index contributed by atoms with van der Waals surface area (Å²) in [6.07, 6.45) is -4.53. The number of hydrogen-bond donors (Lipinski definition) is 2. The molecule has 0 atom stereocenters. The number of halogens is 3. The van der Waals surface area contributed by atoms with Gasteiger partial charge < -0.3 is 15.4 Å². The Morgan fingerprint density at radius 3 is 2.22 bits per heavy atom. The van der Waals surface area contributed by atoms with Gasteiger partial charge in [-0.3, -0.25) is 9.59 Å². The lowest BCUT2D eigenvalue weighted by Gasteiger charge is -2.13. The summed E-state index contributed by atoms with van der Waals surface area (Å²) in [5, 5.41) is 4.33. The van der Waals surface area contributed by atoms with E-state index in [0.29, 0.717) is 11.3 Å². The van der Waals surface area contributed by atoms with E-state index in [-0.39, 0.29) is 17.4 Å². The van der Waals surface area contributed by atoms with Crippen molar-refractivity contribution in [2.24, 2.45) is 0 Å². The van der Waals surface area contributed by atoms with E-state index < -0.39 is 24.5 Å². The number of amides is 2. The van der Waals surface area contributed by atoms with Crippen molar-refractivity contribution < 1.29 is 27.5 Å². The fourth-order valence-corrected chi connectivity index (χ4v) is 2.22. The Morgan fingerprint density at radius 1 is 1.00 bits per heavy atom. The summed E-state index contributed by atoms with van der Waals surface area (Å²) < 4.78 is 42.3. The Labute approximate surface area is 154 Å². The highest BCUT2D eigenvalue weighted by atomic mass is 19.4. The van der Waals surface area contributed by atoms with Gasteiger partial charge in [0.15, 0.2) is 0 Å². The van der Waals surface area contributed by atoms with Gasteiger partial charge in [-0.25, -0.2) is 0 Å². The molecule has 2 aromatic carbocycles. The average Bonchev–Trinajstić information content (AvgIpc) is 2.59. The number of carbonyl (C=O) groups is 2. The third-order valence-corrected chi connectivity index (χ3v) is 3.36. The molecular formula is C19H19F3N2O3.